The van der Waals surface area contributed by atoms with Gasteiger partial charge in [0, 0.05) is 18.2 Å². The summed E-state index contributed by atoms with van der Waals surface area (Å²) < 4.78 is 15.7. The number of hydrogen-bond donors (Lipinski definition) is 1. The highest BCUT2D eigenvalue weighted by atomic mass is 35.5. The highest BCUT2D eigenvalue weighted by Gasteiger charge is 2.16. The third-order valence-electron chi connectivity index (χ3n) is 2.91. The largest absolute Gasteiger partial charge is 0.481 e. The second-order valence-corrected chi connectivity index (χ2v) is 4.62. The lowest BCUT2D eigenvalue weighted by molar-refractivity contribution is 0.174. The molecule has 0 amide bonds. The van der Waals surface area contributed by atoms with Crippen molar-refractivity contribution in [3.8, 4) is 17.4 Å². The van der Waals surface area contributed by atoms with Gasteiger partial charge in [-0.25, -0.2) is 4.98 Å². The molecule has 0 fully saturated rings. The van der Waals surface area contributed by atoms with Crippen molar-refractivity contribution in [3.63, 3.8) is 0 Å². The van der Waals surface area contributed by atoms with E-state index >= 15 is 0 Å². The van der Waals surface area contributed by atoms with E-state index < -0.39 is 0 Å². The van der Waals surface area contributed by atoms with Gasteiger partial charge in [0.25, 0.3) is 0 Å². The molecule has 5 nitrogen and oxygen atoms in total. The summed E-state index contributed by atoms with van der Waals surface area (Å²) in [6.07, 6.45) is 0. The van der Waals surface area contributed by atoms with Gasteiger partial charge in [-0.2, -0.15) is 0 Å². The molecule has 1 aliphatic rings. The van der Waals surface area contributed by atoms with E-state index in [1.807, 2.05) is 18.2 Å². The highest BCUT2D eigenvalue weighted by Crippen LogP contribution is 2.39. The first-order valence-corrected chi connectivity index (χ1v) is 6.47. The highest BCUT2D eigenvalue weighted by molar-refractivity contribution is 6.33. The zero-order valence-corrected chi connectivity index (χ0v) is 11.6. The minimum Gasteiger partial charge on any atom is -0.481 e. The molecule has 20 heavy (non-hydrogen) atoms. The van der Waals surface area contributed by atoms with Crippen molar-refractivity contribution in [2.24, 2.45) is 0 Å². The normalized spacial score (nSPS) is 12.3. The fourth-order valence-electron chi connectivity index (χ4n) is 1.91. The second kappa shape index (κ2) is 5.46. The molecular formula is C14H13ClN2O3. The third-order valence-corrected chi connectivity index (χ3v) is 3.23. The van der Waals surface area contributed by atoms with Crippen molar-refractivity contribution in [2.45, 2.75) is 6.54 Å². The fourth-order valence-corrected chi connectivity index (χ4v) is 2.13. The van der Waals surface area contributed by atoms with Crippen LogP contribution in [0.1, 0.15) is 5.69 Å². The average Bonchev–Trinajstić information content (AvgIpc) is 2.92. The van der Waals surface area contributed by atoms with Crippen LogP contribution in [-0.2, 0) is 6.54 Å². The monoisotopic (exact) mass is 292 g/mol. The number of benzene rings is 1. The number of nitrogens with one attached hydrogen (secondary N) is 1. The van der Waals surface area contributed by atoms with Crippen LogP contribution < -0.4 is 19.5 Å². The van der Waals surface area contributed by atoms with Crippen molar-refractivity contribution >= 4 is 17.3 Å². The van der Waals surface area contributed by atoms with Crippen LogP contribution in [0.25, 0.3) is 0 Å². The number of ether oxygens (including phenoxy) is 3. The molecule has 0 bridgehead atoms. The van der Waals surface area contributed by atoms with E-state index in [1.165, 1.54) is 0 Å². The molecule has 1 aromatic heterocycles. The summed E-state index contributed by atoms with van der Waals surface area (Å²) in [6.45, 7) is 0.767. The SMILES string of the molecule is COc1cccc(CNc2cc3c(cc2Cl)OCO3)n1. The van der Waals surface area contributed by atoms with Crippen LogP contribution in [0.3, 0.4) is 0 Å². The predicted molar refractivity (Wildman–Crippen MR) is 75.7 cm³/mol. The summed E-state index contributed by atoms with van der Waals surface area (Å²) in [5, 5.41) is 3.81. The number of fused-ring (bicyclic) bond motifs is 1. The number of methoxy groups -OCH3 is 1. The molecule has 0 saturated carbocycles. The summed E-state index contributed by atoms with van der Waals surface area (Å²) in [6, 6.07) is 9.17. The maximum atomic E-state index is 6.19. The number of halogens is 1. The number of rotatable bonds is 4. The van der Waals surface area contributed by atoms with Gasteiger partial charge in [0.05, 0.1) is 30.1 Å². The fraction of sp³-hybridized carbons (Fsp3) is 0.214. The lowest BCUT2D eigenvalue weighted by atomic mass is 10.2. The summed E-state index contributed by atoms with van der Waals surface area (Å²) in [7, 11) is 1.59. The number of nitrogens with zero attached hydrogens (tertiary/aromatic N) is 1. The zero-order valence-electron chi connectivity index (χ0n) is 10.9. The Hall–Kier alpha value is -2.14. The number of anilines is 1. The molecule has 0 atom stereocenters. The molecule has 1 aliphatic heterocycles. The Morgan fingerprint density at radius 1 is 1.30 bits per heavy atom. The van der Waals surface area contributed by atoms with E-state index in [2.05, 4.69) is 10.3 Å². The first kappa shape index (κ1) is 12.9. The first-order chi connectivity index (χ1) is 9.76. The quantitative estimate of drug-likeness (QED) is 0.938. The van der Waals surface area contributed by atoms with Crippen molar-refractivity contribution < 1.29 is 14.2 Å². The molecule has 0 aliphatic carbocycles. The van der Waals surface area contributed by atoms with Gasteiger partial charge in [0.15, 0.2) is 11.5 Å². The van der Waals surface area contributed by atoms with E-state index in [0.29, 0.717) is 28.9 Å². The Kier molecular flexibility index (Phi) is 3.52. The number of aromatic nitrogens is 1. The van der Waals surface area contributed by atoms with Gasteiger partial charge >= 0.3 is 0 Å². The van der Waals surface area contributed by atoms with Gasteiger partial charge in [-0.3, -0.25) is 0 Å². The van der Waals surface area contributed by atoms with E-state index in [1.54, 1.807) is 19.2 Å². The minimum atomic E-state index is 0.229. The Labute approximate surface area is 121 Å². The molecule has 3 rings (SSSR count). The van der Waals surface area contributed by atoms with Gasteiger partial charge in [-0.1, -0.05) is 17.7 Å². The number of hydrogen-bond acceptors (Lipinski definition) is 5. The number of pyridine rings is 1. The second-order valence-electron chi connectivity index (χ2n) is 4.21. The van der Waals surface area contributed by atoms with Crippen molar-refractivity contribution in [1.82, 2.24) is 4.98 Å². The van der Waals surface area contributed by atoms with E-state index in [4.69, 9.17) is 25.8 Å². The summed E-state index contributed by atoms with van der Waals surface area (Å²) in [5.74, 6) is 1.94. The van der Waals surface area contributed by atoms with Crippen LogP contribution in [0, 0.1) is 0 Å². The molecule has 0 saturated heterocycles. The Balaban J connectivity index is 1.75. The molecule has 6 heteroatoms. The standard InChI is InChI=1S/C14H13ClN2O3/c1-18-14-4-2-3-9(17-14)7-16-11-6-13-12(5-10(11)15)19-8-20-13/h2-6,16H,7-8H2,1H3. The van der Waals surface area contributed by atoms with E-state index in [9.17, 15) is 0 Å². The van der Waals surface area contributed by atoms with Gasteiger partial charge in [0.1, 0.15) is 0 Å². The first-order valence-electron chi connectivity index (χ1n) is 6.09. The molecule has 2 heterocycles. The van der Waals surface area contributed by atoms with Crippen LogP contribution in [0.5, 0.6) is 17.4 Å². The smallest absolute Gasteiger partial charge is 0.231 e. The third kappa shape index (κ3) is 2.58. The topological polar surface area (TPSA) is 52.6 Å². The van der Waals surface area contributed by atoms with Crippen molar-refractivity contribution in [1.29, 1.82) is 0 Å². The maximum absolute atomic E-state index is 6.19. The predicted octanol–water partition coefficient (Wildman–Crippen LogP) is 3.08. The van der Waals surface area contributed by atoms with Crippen LogP contribution in [-0.4, -0.2) is 18.9 Å². The average molecular weight is 293 g/mol. The summed E-state index contributed by atoms with van der Waals surface area (Å²) in [4.78, 5) is 4.32. The molecule has 0 unspecified atom stereocenters. The van der Waals surface area contributed by atoms with Gasteiger partial charge in [0.2, 0.25) is 12.7 Å². The minimum absolute atomic E-state index is 0.229. The van der Waals surface area contributed by atoms with Crippen molar-refractivity contribution in [2.75, 3.05) is 19.2 Å². The van der Waals surface area contributed by atoms with Crippen molar-refractivity contribution in [3.05, 3.63) is 41.0 Å². The molecule has 0 spiro atoms. The van der Waals surface area contributed by atoms with E-state index in [0.717, 1.165) is 11.4 Å². The molecular weight excluding hydrogens is 280 g/mol. The molecule has 2 aromatic rings. The zero-order chi connectivity index (χ0) is 13.9. The van der Waals surface area contributed by atoms with Crippen LogP contribution in [0.15, 0.2) is 30.3 Å². The van der Waals surface area contributed by atoms with Crippen LogP contribution in [0.2, 0.25) is 5.02 Å². The summed E-state index contributed by atoms with van der Waals surface area (Å²) >= 11 is 6.19. The van der Waals surface area contributed by atoms with Gasteiger partial charge in [-0.15, -0.1) is 0 Å². The van der Waals surface area contributed by atoms with Gasteiger partial charge in [-0.05, 0) is 6.07 Å². The summed E-state index contributed by atoms with van der Waals surface area (Å²) in [5.41, 5.74) is 1.64. The molecule has 104 valence electrons. The van der Waals surface area contributed by atoms with E-state index in [-0.39, 0.29) is 6.79 Å². The Morgan fingerprint density at radius 3 is 2.90 bits per heavy atom. The maximum Gasteiger partial charge on any atom is 0.231 e. The lowest BCUT2D eigenvalue weighted by Gasteiger charge is -2.09. The van der Waals surface area contributed by atoms with Crippen LogP contribution in [0.4, 0.5) is 5.69 Å². The molecule has 1 aromatic carbocycles. The van der Waals surface area contributed by atoms with Crippen LogP contribution >= 0.6 is 11.6 Å². The molecule has 1 N–H and O–H groups in total. The Morgan fingerprint density at radius 2 is 2.10 bits per heavy atom. The lowest BCUT2D eigenvalue weighted by Crippen LogP contribution is -2.03. The molecule has 0 radical (unpaired) electrons. The Bertz CT molecular complexity index is 634. The van der Waals surface area contributed by atoms with Gasteiger partial charge < -0.3 is 19.5 Å².